The van der Waals surface area contributed by atoms with Gasteiger partial charge in [0.2, 0.25) is 0 Å². The van der Waals surface area contributed by atoms with Crippen molar-refractivity contribution in [2.45, 2.75) is 57.7 Å². The summed E-state index contributed by atoms with van der Waals surface area (Å²) in [7, 11) is 0. The highest BCUT2D eigenvalue weighted by molar-refractivity contribution is 9.10. The van der Waals surface area contributed by atoms with Gasteiger partial charge < -0.3 is 5.73 Å². The topological polar surface area (TPSA) is 29.3 Å². The molecule has 2 nitrogen and oxygen atoms in total. The summed E-state index contributed by atoms with van der Waals surface area (Å²) in [6.45, 7) is 8.03. The Kier molecular flexibility index (Phi) is 4.52. The summed E-state index contributed by atoms with van der Waals surface area (Å²) in [5, 5.41) is 2.16. The lowest BCUT2D eigenvalue weighted by atomic mass is 9.97. The van der Waals surface area contributed by atoms with E-state index < -0.39 is 0 Å². The van der Waals surface area contributed by atoms with E-state index >= 15 is 0 Å². The zero-order valence-electron chi connectivity index (χ0n) is 11.4. The third-order valence-electron chi connectivity index (χ3n) is 3.67. The van der Waals surface area contributed by atoms with Crippen LogP contribution in [0.15, 0.2) is 15.9 Å². The summed E-state index contributed by atoms with van der Waals surface area (Å²) >= 11 is 5.38. The summed E-state index contributed by atoms with van der Waals surface area (Å²) in [5.74, 6) is 0. The molecule has 102 valence electrons. The third kappa shape index (κ3) is 3.16. The first-order valence-corrected chi connectivity index (χ1v) is 8.33. The van der Waals surface area contributed by atoms with Gasteiger partial charge in [-0.05, 0) is 62.2 Å². The molecule has 0 saturated carbocycles. The predicted molar refractivity (Wildman–Crippen MR) is 83.0 cm³/mol. The van der Waals surface area contributed by atoms with Crippen LogP contribution in [0.25, 0.3) is 0 Å². The maximum atomic E-state index is 6.46. The molecule has 2 rings (SSSR count). The Bertz CT molecular complexity index is 397. The number of nitrogens with zero attached hydrogens (tertiary/aromatic N) is 1. The fourth-order valence-corrected chi connectivity index (χ4v) is 4.42. The molecule has 0 spiro atoms. The molecule has 18 heavy (non-hydrogen) atoms. The summed E-state index contributed by atoms with van der Waals surface area (Å²) in [5.41, 5.74) is 6.63. The van der Waals surface area contributed by atoms with E-state index in [-0.39, 0.29) is 11.6 Å². The summed E-state index contributed by atoms with van der Waals surface area (Å²) < 4.78 is 1.17. The van der Waals surface area contributed by atoms with Crippen LogP contribution in [0.3, 0.4) is 0 Å². The van der Waals surface area contributed by atoms with Gasteiger partial charge in [0.15, 0.2) is 0 Å². The first-order valence-electron chi connectivity index (χ1n) is 6.66. The minimum atomic E-state index is 0.170. The van der Waals surface area contributed by atoms with Crippen LogP contribution in [0.5, 0.6) is 0 Å². The first-order chi connectivity index (χ1) is 8.39. The van der Waals surface area contributed by atoms with Crippen molar-refractivity contribution >= 4 is 27.3 Å². The molecule has 1 aromatic heterocycles. The Balaban J connectivity index is 2.35. The maximum Gasteiger partial charge on any atom is 0.0598 e. The van der Waals surface area contributed by atoms with Crippen molar-refractivity contribution in [3.05, 3.63) is 20.8 Å². The molecular formula is C14H23BrN2S. The maximum absolute atomic E-state index is 6.46. The normalized spacial score (nSPS) is 27.2. The molecular weight excluding hydrogens is 308 g/mol. The Hall–Kier alpha value is 0.1000. The van der Waals surface area contributed by atoms with E-state index in [0.29, 0.717) is 6.04 Å². The van der Waals surface area contributed by atoms with E-state index in [9.17, 15) is 0 Å². The van der Waals surface area contributed by atoms with Crippen molar-refractivity contribution in [2.75, 3.05) is 6.54 Å². The molecule has 2 heterocycles. The van der Waals surface area contributed by atoms with Gasteiger partial charge >= 0.3 is 0 Å². The third-order valence-corrected chi connectivity index (χ3v) is 5.43. The lowest BCUT2D eigenvalue weighted by molar-refractivity contribution is 0.0774. The number of nitrogens with two attached hydrogens (primary N) is 1. The largest absolute Gasteiger partial charge is 0.326 e. The smallest absolute Gasteiger partial charge is 0.0598 e. The van der Waals surface area contributed by atoms with Crippen LogP contribution in [-0.4, -0.2) is 23.0 Å². The molecule has 4 heteroatoms. The molecule has 2 N–H and O–H groups in total. The van der Waals surface area contributed by atoms with Gasteiger partial charge in [-0.2, -0.15) is 0 Å². The van der Waals surface area contributed by atoms with Crippen LogP contribution in [0.4, 0.5) is 0 Å². The summed E-state index contributed by atoms with van der Waals surface area (Å²) in [4.78, 5) is 3.98. The number of likely N-dealkylation sites (tertiary alicyclic amines) is 1. The lowest BCUT2D eigenvalue weighted by Gasteiger charge is -2.42. The predicted octanol–water partition coefficient (Wildman–Crippen LogP) is 4.16. The molecule has 1 aromatic rings. The van der Waals surface area contributed by atoms with Crippen molar-refractivity contribution in [2.24, 2.45) is 5.73 Å². The van der Waals surface area contributed by atoms with Crippen LogP contribution in [0.2, 0.25) is 0 Å². The van der Waals surface area contributed by atoms with Gasteiger partial charge in [0.25, 0.3) is 0 Å². The van der Waals surface area contributed by atoms with Gasteiger partial charge in [-0.15, -0.1) is 11.3 Å². The van der Waals surface area contributed by atoms with Crippen LogP contribution in [0, 0.1) is 0 Å². The zero-order chi connectivity index (χ0) is 13.3. The van der Waals surface area contributed by atoms with Crippen molar-refractivity contribution in [1.82, 2.24) is 4.90 Å². The summed E-state index contributed by atoms with van der Waals surface area (Å²) in [6, 6.07) is 2.85. The zero-order valence-corrected chi connectivity index (χ0v) is 13.9. The molecule has 0 radical (unpaired) electrons. The van der Waals surface area contributed by atoms with E-state index in [1.807, 2.05) is 11.3 Å². The molecule has 0 aliphatic carbocycles. The molecule has 0 bridgehead atoms. The Morgan fingerprint density at radius 1 is 1.39 bits per heavy atom. The number of hydrogen-bond donors (Lipinski definition) is 1. The van der Waals surface area contributed by atoms with E-state index in [4.69, 9.17) is 5.73 Å². The molecule has 1 aliphatic rings. The van der Waals surface area contributed by atoms with Crippen molar-refractivity contribution in [3.8, 4) is 0 Å². The van der Waals surface area contributed by atoms with Gasteiger partial charge in [0, 0.05) is 26.3 Å². The lowest BCUT2D eigenvalue weighted by Crippen LogP contribution is -2.48. The number of rotatable bonds is 1. The molecule has 1 fully saturated rings. The second-order valence-electron chi connectivity index (χ2n) is 6.14. The Morgan fingerprint density at radius 2 is 2.11 bits per heavy atom. The molecule has 2 unspecified atom stereocenters. The van der Waals surface area contributed by atoms with Crippen LogP contribution >= 0.6 is 27.3 Å². The average Bonchev–Trinajstić information content (AvgIpc) is 2.56. The Morgan fingerprint density at radius 3 is 2.67 bits per heavy atom. The van der Waals surface area contributed by atoms with Crippen molar-refractivity contribution < 1.29 is 0 Å². The van der Waals surface area contributed by atoms with Crippen molar-refractivity contribution in [3.63, 3.8) is 0 Å². The number of halogens is 1. The first kappa shape index (κ1) is 14.5. The Labute approximate surface area is 123 Å². The fraction of sp³-hybridized carbons (Fsp3) is 0.714. The minimum absolute atomic E-state index is 0.170. The van der Waals surface area contributed by atoms with Gasteiger partial charge in [0.05, 0.1) is 6.04 Å². The van der Waals surface area contributed by atoms with Gasteiger partial charge in [-0.1, -0.05) is 6.42 Å². The molecule has 0 aromatic carbocycles. The van der Waals surface area contributed by atoms with Gasteiger partial charge in [-0.3, -0.25) is 4.90 Å². The average molecular weight is 331 g/mol. The second-order valence-corrected chi connectivity index (χ2v) is 7.99. The molecule has 0 amide bonds. The van der Waals surface area contributed by atoms with E-state index in [0.717, 1.165) is 13.0 Å². The fourth-order valence-electron chi connectivity index (χ4n) is 2.79. The van der Waals surface area contributed by atoms with Crippen LogP contribution < -0.4 is 5.73 Å². The van der Waals surface area contributed by atoms with Gasteiger partial charge in [-0.25, -0.2) is 0 Å². The summed E-state index contributed by atoms with van der Waals surface area (Å²) in [6.07, 6.45) is 3.64. The minimum Gasteiger partial charge on any atom is -0.326 e. The highest BCUT2D eigenvalue weighted by Crippen LogP contribution is 2.38. The molecule has 1 aliphatic heterocycles. The quantitative estimate of drug-likeness (QED) is 0.837. The number of thiophene rings is 1. The van der Waals surface area contributed by atoms with E-state index in [2.05, 4.69) is 53.0 Å². The molecule has 1 saturated heterocycles. The highest BCUT2D eigenvalue weighted by Gasteiger charge is 2.35. The SMILES string of the molecule is CC(C)(C)N1CCCCC(N)C1c1cc(Br)cs1. The van der Waals surface area contributed by atoms with Crippen LogP contribution in [-0.2, 0) is 0 Å². The van der Waals surface area contributed by atoms with Gasteiger partial charge in [0.1, 0.15) is 0 Å². The second kappa shape index (κ2) is 5.61. The number of hydrogen-bond acceptors (Lipinski definition) is 3. The van der Waals surface area contributed by atoms with E-state index in [1.54, 1.807) is 0 Å². The van der Waals surface area contributed by atoms with E-state index in [1.165, 1.54) is 22.2 Å². The van der Waals surface area contributed by atoms with Crippen molar-refractivity contribution in [1.29, 1.82) is 0 Å². The van der Waals surface area contributed by atoms with Crippen LogP contribution in [0.1, 0.15) is 51.0 Å². The standard InChI is InChI=1S/C14H23BrN2S/c1-14(2,3)17-7-5-4-6-11(16)13(17)12-8-10(15)9-18-12/h8-9,11,13H,4-7,16H2,1-3H3. The highest BCUT2D eigenvalue weighted by atomic mass is 79.9. The monoisotopic (exact) mass is 330 g/mol. The molecule has 2 atom stereocenters.